The summed E-state index contributed by atoms with van der Waals surface area (Å²) in [4.78, 5) is 6.13. The third kappa shape index (κ3) is 11.3. The number of halogens is 3. The summed E-state index contributed by atoms with van der Waals surface area (Å²) < 4.78 is 38.5. The Balaban J connectivity index is 0.000000807. The molecule has 0 spiro atoms. The van der Waals surface area contributed by atoms with Gasteiger partial charge in [-0.15, -0.1) is 0 Å². The van der Waals surface area contributed by atoms with E-state index in [4.69, 9.17) is 0 Å². The highest BCUT2D eigenvalue weighted by Crippen LogP contribution is 2.40. The second kappa shape index (κ2) is 19.7. The van der Waals surface area contributed by atoms with Crippen LogP contribution in [0.25, 0.3) is 5.57 Å². The average Bonchev–Trinajstić information content (AvgIpc) is 3.08. The lowest BCUT2D eigenvalue weighted by atomic mass is 9.85. The predicted octanol–water partition coefficient (Wildman–Crippen LogP) is 10.9. The molecule has 6 heteroatoms. The molecular weight excluding hydrogens is 509 g/mol. The first-order valence-electron chi connectivity index (χ1n) is 15.3. The van der Waals surface area contributed by atoms with E-state index in [1.54, 1.807) is 12.4 Å². The minimum atomic E-state index is -4.48. The standard InChI is InChI=1S/C18H17F3N2O.C12H26.2C2H6/c1-11-6-8-23(2)17(15-10-22-7-5-13(11)15)14-4-3-12(9-16(14)24)18(19,20)21;1-5-8-9-10-12(7-3)11(4)6-2;2*1-2/h3-7,9-10,17,24H,8H2,1-2H3;11-12H,5-10H2,1-4H3;2*1-2H3. The molecule has 3 rings (SSSR count). The maximum Gasteiger partial charge on any atom is 0.416 e. The van der Waals surface area contributed by atoms with Crippen LogP contribution in [0.15, 0.2) is 42.7 Å². The largest absolute Gasteiger partial charge is 0.508 e. The normalized spacial score (nSPS) is 16.3. The second-order valence-corrected chi connectivity index (χ2v) is 10.0. The second-order valence-electron chi connectivity index (χ2n) is 10.0. The number of nitrogens with zero attached hydrogens (tertiary/aromatic N) is 2. The van der Waals surface area contributed by atoms with Gasteiger partial charge in [-0.1, -0.05) is 106 Å². The lowest BCUT2D eigenvalue weighted by molar-refractivity contribution is -0.137. The highest BCUT2D eigenvalue weighted by Gasteiger charge is 2.33. The van der Waals surface area contributed by atoms with Crippen LogP contribution in [0, 0.1) is 11.8 Å². The summed E-state index contributed by atoms with van der Waals surface area (Å²) in [6, 6.07) is 4.64. The van der Waals surface area contributed by atoms with Crippen molar-refractivity contribution >= 4 is 5.57 Å². The highest BCUT2D eigenvalue weighted by atomic mass is 19.4. The summed E-state index contributed by atoms with van der Waals surface area (Å²) in [7, 11) is 1.87. The molecule has 0 bridgehead atoms. The van der Waals surface area contributed by atoms with Crippen molar-refractivity contribution in [1.29, 1.82) is 0 Å². The molecule has 0 fully saturated rings. The van der Waals surface area contributed by atoms with Gasteiger partial charge in [-0.25, -0.2) is 0 Å². The number of benzene rings is 1. The van der Waals surface area contributed by atoms with E-state index >= 15 is 0 Å². The summed E-state index contributed by atoms with van der Waals surface area (Å²) in [5.41, 5.74) is 2.50. The van der Waals surface area contributed by atoms with E-state index in [1.807, 2.05) is 52.6 Å². The van der Waals surface area contributed by atoms with Gasteiger partial charge in [0.05, 0.1) is 11.6 Å². The van der Waals surface area contributed by atoms with Gasteiger partial charge in [0.2, 0.25) is 0 Å². The predicted molar refractivity (Wildman–Crippen MR) is 166 cm³/mol. The fourth-order valence-corrected chi connectivity index (χ4v) is 4.95. The van der Waals surface area contributed by atoms with E-state index in [1.165, 1.54) is 44.6 Å². The number of aromatic nitrogens is 1. The van der Waals surface area contributed by atoms with E-state index in [2.05, 4.69) is 38.8 Å². The number of fused-ring (bicyclic) bond motifs is 1. The van der Waals surface area contributed by atoms with Gasteiger partial charge < -0.3 is 5.11 Å². The SMILES string of the molecule is CC.CC.CC1=CCN(C)C(c2ccc(C(F)(F)F)cc2O)c2cnccc21.CCCCCC(CC)C(C)CC. The van der Waals surface area contributed by atoms with Crippen LogP contribution in [0.5, 0.6) is 5.75 Å². The molecule has 0 saturated carbocycles. The molecule has 0 saturated heterocycles. The van der Waals surface area contributed by atoms with Crippen LogP contribution < -0.4 is 0 Å². The molecule has 3 nitrogen and oxygen atoms in total. The number of hydrogen-bond acceptors (Lipinski definition) is 3. The highest BCUT2D eigenvalue weighted by molar-refractivity contribution is 5.68. The van der Waals surface area contributed by atoms with E-state index in [0.717, 1.165) is 40.7 Å². The van der Waals surface area contributed by atoms with Crippen molar-refractivity contribution in [3.05, 3.63) is 65.0 Å². The number of aromatic hydroxyl groups is 1. The van der Waals surface area contributed by atoms with Crippen molar-refractivity contribution in [2.45, 2.75) is 113 Å². The zero-order valence-corrected chi connectivity index (χ0v) is 26.7. The lowest BCUT2D eigenvalue weighted by Gasteiger charge is -2.28. The van der Waals surface area contributed by atoms with Crippen LogP contribution in [0.2, 0.25) is 0 Å². The molecule has 1 N–H and O–H groups in total. The van der Waals surface area contributed by atoms with Crippen molar-refractivity contribution in [3.63, 3.8) is 0 Å². The fraction of sp³-hybridized carbons (Fsp3) is 0.618. The topological polar surface area (TPSA) is 36.4 Å². The summed E-state index contributed by atoms with van der Waals surface area (Å²) in [6.45, 7) is 19.9. The van der Waals surface area contributed by atoms with Crippen LogP contribution >= 0.6 is 0 Å². The summed E-state index contributed by atoms with van der Waals surface area (Å²) >= 11 is 0. The first-order valence-corrected chi connectivity index (χ1v) is 15.3. The quantitative estimate of drug-likeness (QED) is 0.324. The Morgan fingerprint density at radius 1 is 1.00 bits per heavy atom. The summed E-state index contributed by atoms with van der Waals surface area (Å²) in [5.74, 6) is 1.56. The van der Waals surface area contributed by atoms with Crippen LogP contribution in [0.3, 0.4) is 0 Å². The van der Waals surface area contributed by atoms with Crippen molar-refractivity contribution in [1.82, 2.24) is 9.88 Å². The van der Waals surface area contributed by atoms with Crippen molar-refractivity contribution in [2.75, 3.05) is 13.6 Å². The summed E-state index contributed by atoms with van der Waals surface area (Å²) in [5, 5.41) is 10.2. The third-order valence-electron chi connectivity index (χ3n) is 7.50. The van der Waals surface area contributed by atoms with Gasteiger partial charge in [0.25, 0.3) is 0 Å². The molecule has 1 aromatic heterocycles. The number of pyridine rings is 1. The Bertz CT molecular complexity index is 987. The molecule has 2 heterocycles. The lowest BCUT2D eigenvalue weighted by Crippen LogP contribution is -2.25. The molecule has 1 aliphatic heterocycles. The number of likely N-dealkylation sites (N-methyl/N-ethyl adjacent to an activating group) is 1. The van der Waals surface area contributed by atoms with E-state index in [9.17, 15) is 18.3 Å². The van der Waals surface area contributed by atoms with Gasteiger partial charge in [0, 0.05) is 24.5 Å². The van der Waals surface area contributed by atoms with Crippen LogP contribution in [0.4, 0.5) is 13.2 Å². The fourth-order valence-electron chi connectivity index (χ4n) is 4.95. The van der Waals surface area contributed by atoms with Gasteiger partial charge in [-0.2, -0.15) is 13.2 Å². The van der Waals surface area contributed by atoms with Gasteiger partial charge in [-0.05, 0) is 60.7 Å². The van der Waals surface area contributed by atoms with Gasteiger partial charge in [0.15, 0.2) is 0 Å². The monoisotopic (exact) mass is 564 g/mol. The average molecular weight is 565 g/mol. The zero-order chi connectivity index (χ0) is 30.9. The molecule has 0 amide bonds. The maximum atomic E-state index is 12.8. The molecule has 228 valence electrons. The Labute approximate surface area is 242 Å². The van der Waals surface area contributed by atoms with Crippen LogP contribution in [-0.2, 0) is 6.18 Å². The van der Waals surface area contributed by atoms with Gasteiger partial charge >= 0.3 is 6.18 Å². The number of phenolic OH excluding ortho intramolecular Hbond substituents is 1. The minimum absolute atomic E-state index is 0.365. The number of alkyl halides is 3. The number of allylic oxidation sites excluding steroid dienone is 1. The van der Waals surface area contributed by atoms with Crippen LogP contribution in [-0.4, -0.2) is 28.6 Å². The molecule has 1 aliphatic rings. The molecule has 2 aromatic rings. The zero-order valence-electron chi connectivity index (χ0n) is 26.7. The Morgan fingerprint density at radius 3 is 2.17 bits per heavy atom. The number of unbranched alkanes of at least 4 members (excludes halogenated alkanes) is 2. The van der Waals surface area contributed by atoms with Crippen molar-refractivity contribution in [2.24, 2.45) is 11.8 Å². The van der Waals surface area contributed by atoms with Gasteiger partial charge in [-0.3, -0.25) is 9.88 Å². The Hall–Kier alpha value is -2.34. The Kier molecular flexibility index (Phi) is 18.5. The number of phenols is 1. The van der Waals surface area contributed by atoms with Gasteiger partial charge in [0.1, 0.15) is 5.75 Å². The molecular formula is C34H55F3N2O. The van der Waals surface area contributed by atoms with E-state index in [0.29, 0.717) is 12.1 Å². The van der Waals surface area contributed by atoms with Crippen LogP contribution in [0.1, 0.15) is 129 Å². The molecule has 0 aliphatic carbocycles. The number of hydrogen-bond donors (Lipinski definition) is 1. The third-order valence-corrected chi connectivity index (χ3v) is 7.50. The van der Waals surface area contributed by atoms with E-state index in [-0.39, 0.29) is 11.8 Å². The first kappa shape index (κ1) is 37.7. The summed E-state index contributed by atoms with van der Waals surface area (Å²) in [6.07, 6.45) is 9.37. The molecule has 0 radical (unpaired) electrons. The molecule has 3 atom stereocenters. The maximum absolute atomic E-state index is 12.8. The number of rotatable bonds is 8. The first-order chi connectivity index (χ1) is 19.0. The molecule has 1 aromatic carbocycles. The Morgan fingerprint density at radius 2 is 1.65 bits per heavy atom. The molecule has 40 heavy (non-hydrogen) atoms. The van der Waals surface area contributed by atoms with E-state index < -0.39 is 11.7 Å². The molecule has 3 unspecified atom stereocenters. The minimum Gasteiger partial charge on any atom is -0.508 e. The smallest absolute Gasteiger partial charge is 0.416 e. The van der Waals surface area contributed by atoms with Crippen molar-refractivity contribution in [3.8, 4) is 5.75 Å². The van der Waals surface area contributed by atoms with Crippen molar-refractivity contribution < 1.29 is 18.3 Å².